The smallest absolute Gasteiger partial charge is 0.223 e. The van der Waals surface area contributed by atoms with Crippen molar-refractivity contribution in [2.45, 2.75) is 64.3 Å². The van der Waals surface area contributed by atoms with Gasteiger partial charge in [0.2, 0.25) is 11.7 Å². The lowest BCUT2D eigenvalue weighted by molar-refractivity contribution is -0.140. The number of amides is 1. The largest absolute Gasteiger partial charge is 0.497 e. The Bertz CT molecular complexity index is 1700. The van der Waals surface area contributed by atoms with E-state index in [2.05, 4.69) is 10.4 Å². The molecule has 0 radical (unpaired) electrons. The van der Waals surface area contributed by atoms with Gasteiger partial charge in [-0.2, -0.15) is 5.10 Å². The minimum absolute atomic E-state index is 0.0260. The van der Waals surface area contributed by atoms with Gasteiger partial charge in [0.25, 0.3) is 0 Å². The fraction of sp³-hybridized carbons (Fsp3) is 0.350. The molecule has 1 heterocycles. The van der Waals surface area contributed by atoms with Gasteiger partial charge in [0.15, 0.2) is 11.6 Å². The second-order valence-corrected chi connectivity index (χ2v) is 12.5. The number of nitrogens with one attached hydrogen (secondary N) is 1. The van der Waals surface area contributed by atoms with Gasteiger partial charge in [0, 0.05) is 56.5 Å². The number of hydrogen-bond donors (Lipinski definition) is 1. The minimum atomic E-state index is -0.974. The summed E-state index contributed by atoms with van der Waals surface area (Å²) in [6, 6.07) is 26.8. The zero-order chi connectivity index (χ0) is 35.2. The quantitative estimate of drug-likeness (QED) is 0.128. The molecule has 0 spiro atoms. The van der Waals surface area contributed by atoms with Crippen LogP contribution in [0.15, 0.2) is 97.2 Å². The fourth-order valence-corrected chi connectivity index (χ4v) is 5.80. The number of aromatic nitrogens is 2. The second kappa shape index (κ2) is 18.4. The topological polar surface area (TPSA) is 124 Å². The minimum Gasteiger partial charge on any atom is -0.497 e. The molecular formula is C40H45N3O6. The maximum Gasteiger partial charge on any atom is 0.223 e. The molecule has 4 rings (SSSR count). The monoisotopic (exact) mass is 663 g/mol. The molecule has 0 aliphatic rings. The highest BCUT2D eigenvalue weighted by Crippen LogP contribution is 2.20. The van der Waals surface area contributed by atoms with Gasteiger partial charge in [-0.15, -0.1) is 0 Å². The van der Waals surface area contributed by atoms with Crippen LogP contribution in [-0.2, 0) is 56.7 Å². The predicted octanol–water partition coefficient (Wildman–Crippen LogP) is 5.27. The summed E-state index contributed by atoms with van der Waals surface area (Å²) in [6.45, 7) is 1.67. The Hall–Kier alpha value is -5.18. The van der Waals surface area contributed by atoms with E-state index < -0.39 is 35.4 Å². The number of carbonyl (C=O) groups excluding carboxylic acids is 5. The number of carbonyl (C=O) groups is 5. The van der Waals surface area contributed by atoms with E-state index in [0.29, 0.717) is 18.6 Å². The molecule has 9 heteroatoms. The van der Waals surface area contributed by atoms with E-state index in [-0.39, 0.29) is 50.1 Å². The summed E-state index contributed by atoms with van der Waals surface area (Å²) in [4.78, 5) is 67.1. The molecule has 0 fully saturated rings. The van der Waals surface area contributed by atoms with Crippen LogP contribution in [0.4, 0.5) is 0 Å². The molecule has 0 saturated carbocycles. The van der Waals surface area contributed by atoms with Crippen molar-refractivity contribution in [3.05, 3.63) is 120 Å². The van der Waals surface area contributed by atoms with Crippen LogP contribution in [0.1, 0.15) is 55.0 Å². The maximum absolute atomic E-state index is 14.0. The number of hydrogen-bond acceptors (Lipinski definition) is 7. The molecule has 256 valence electrons. The molecule has 1 aromatic heterocycles. The van der Waals surface area contributed by atoms with Gasteiger partial charge in [-0.25, -0.2) is 0 Å². The number of rotatable bonds is 20. The van der Waals surface area contributed by atoms with Crippen molar-refractivity contribution in [2.75, 3.05) is 7.11 Å². The summed E-state index contributed by atoms with van der Waals surface area (Å²) in [5.41, 5.74) is 3.49. The van der Waals surface area contributed by atoms with E-state index in [1.54, 1.807) is 37.0 Å². The van der Waals surface area contributed by atoms with Gasteiger partial charge in [-0.3, -0.25) is 28.7 Å². The molecule has 0 saturated heterocycles. The number of nitrogens with zero attached hydrogens (tertiary/aromatic N) is 2. The van der Waals surface area contributed by atoms with E-state index in [9.17, 15) is 24.0 Å². The van der Waals surface area contributed by atoms with Crippen molar-refractivity contribution < 1.29 is 28.7 Å². The van der Waals surface area contributed by atoms with Crippen molar-refractivity contribution in [2.24, 2.45) is 18.9 Å². The van der Waals surface area contributed by atoms with Crippen LogP contribution in [-0.4, -0.2) is 52.0 Å². The molecule has 9 nitrogen and oxygen atoms in total. The van der Waals surface area contributed by atoms with Gasteiger partial charge < -0.3 is 10.1 Å². The first kappa shape index (κ1) is 36.7. The van der Waals surface area contributed by atoms with Gasteiger partial charge in [-0.05, 0) is 60.6 Å². The zero-order valence-corrected chi connectivity index (χ0v) is 28.5. The Labute approximate surface area is 288 Å². The molecule has 1 amide bonds. The SMILES string of the molecule is COc1ccc(C[C@H](NC(=O)[C@H](C)CC(=O)CCc2ccnn2C)C(=O)C[C@@H](Cc2ccccc2)C(=O)C(=O)CCc2ccccc2)cc1. The van der Waals surface area contributed by atoms with E-state index in [1.807, 2.05) is 85.9 Å². The average molecular weight is 664 g/mol. The van der Waals surface area contributed by atoms with Crippen LogP contribution >= 0.6 is 0 Å². The highest BCUT2D eigenvalue weighted by atomic mass is 16.5. The Balaban J connectivity index is 1.48. The van der Waals surface area contributed by atoms with E-state index in [0.717, 1.165) is 22.4 Å². The summed E-state index contributed by atoms with van der Waals surface area (Å²) in [5.74, 6) is -2.87. The predicted molar refractivity (Wildman–Crippen MR) is 187 cm³/mol. The molecule has 0 aliphatic carbocycles. The van der Waals surface area contributed by atoms with Gasteiger partial charge in [-0.1, -0.05) is 79.7 Å². The number of ketones is 4. The van der Waals surface area contributed by atoms with Gasteiger partial charge >= 0.3 is 0 Å². The number of benzene rings is 3. The number of Topliss-reactive ketones (excluding diaryl/α,β-unsaturated/α-hetero) is 4. The van der Waals surface area contributed by atoms with Crippen molar-refractivity contribution >= 4 is 29.0 Å². The molecule has 3 atom stereocenters. The Morgan fingerprint density at radius 3 is 2.00 bits per heavy atom. The summed E-state index contributed by atoms with van der Waals surface area (Å²) in [5, 5.41) is 7.00. The van der Waals surface area contributed by atoms with E-state index in [1.165, 1.54) is 0 Å². The third kappa shape index (κ3) is 11.5. The van der Waals surface area contributed by atoms with E-state index >= 15 is 0 Å². The van der Waals surface area contributed by atoms with Crippen LogP contribution in [0.2, 0.25) is 0 Å². The van der Waals surface area contributed by atoms with Gasteiger partial charge in [0.05, 0.1) is 13.2 Å². The lowest BCUT2D eigenvalue weighted by Gasteiger charge is -2.23. The van der Waals surface area contributed by atoms with Crippen molar-refractivity contribution in [1.29, 1.82) is 0 Å². The molecule has 3 aromatic carbocycles. The number of methoxy groups -OCH3 is 1. The van der Waals surface area contributed by atoms with Crippen LogP contribution in [0, 0.1) is 11.8 Å². The fourth-order valence-electron chi connectivity index (χ4n) is 5.80. The molecular weight excluding hydrogens is 618 g/mol. The summed E-state index contributed by atoms with van der Waals surface area (Å²) in [6.07, 6.45) is 3.12. The molecule has 4 aromatic rings. The normalized spacial score (nSPS) is 12.8. The molecule has 0 unspecified atom stereocenters. The molecule has 0 aliphatic heterocycles. The Morgan fingerprint density at radius 2 is 1.39 bits per heavy atom. The highest BCUT2D eigenvalue weighted by Gasteiger charge is 2.32. The van der Waals surface area contributed by atoms with Crippen molar-refractivity contribution in [3.8, 4) is 5.75 Å². The highest BCUT2D eigenvalue weighted by molar-refractivity contribution is 6.38. The van der Waals surface area contributed by atoms with Crippen LogP contribution in [0.3, 0.4) is 0 Å². The van der Waals surface area contributed by atoms with Crippen LogP contribution < -0.4 is 10.1 Å². The second-order valence-electron chi connectivity index (χ2n) is 12.5. The lowest BCUT2D eigenvalue weighted by Crippen LogP contribution is -2.46. The first-order valence-corrected chi connectivity index (χ1v) is 16.7. The van der Waals surface area contributed by atoms with Crippen molar-refractivity contribution in [3.63, 3.8) is 0 Å². The lowest BCUT2D eigenvalue weighted by atomic mass is 9.85. The van der Waals surface area contributed by atoms with Crippen LogP contribution in [0.5, 0.6) is 5.75 Å². The number of aryl methyl sites for hydroxylation is 3. The van der Waals surface area contributed by atoms with Crippen molar-refractivity contribution in [1.82, 2.24) is 15.1 Å². The summed E-state index contributed by atoms with van der Waals surface area (Å²) >= 11 is 0. The maximum atomic E-state index is 14.0. The zero-order valence-electron chi connectivity index (χ0n) is 28.5. The van der Waals surface area contributed by atoms with Crippen LogP contribution in [0.25, 0.3) is 0 Å². The van der Waals surface area contributed by atoms with E-state index in [4.69, 9.17) is 4.74 Å². The molecule has 0 bridgehead atoms. The molecule has 1 N–H and O–H groups in total. The van der Waals surface area contributed by atoms with Gasteiger partial charge in [0.1, 0.15) is 11.5 Å². The third-order valence-corrected chi connectivity index (χ3v) is 8.77. The number of ether oxygens (including phenoxy) is 1. The first-order valence-electron chi connectivity index (χ1n) is 16.7. The Kier molecular flexibility index (Phi) is 13.8. The third-order valence-electron chi connectivity index (χ3n) is 8.77. The Morgan fingerprint density at radius 1 is 0.755 bits per heavy atom. The summed E-state index contributed by atoms with van der Waals surface area (Å²) < 4.78 is 6.98. The average Bonchev–Trinajstić information content (AvgIpc) is 3.54. The molecule has 49 heavy (non-hydrogen) atoms. The summed E-state index contributed by atoms with van der Waals surface area (Å²) in [7, 11) is 3.38. The standard InChI is InChI=1S/C40H45N3O6/c1-28(24-34(44)18-17-33-22-23-41-43(33)2)40(48)42-36(26-31-14-19-35(49-3)20-15-31)38(46)27-32(25-30-12-8-5-9-13-30)39(47)37(45)21-16-29-10-6-4-7-11-29/h4-15,19-20,22-23,28,32,36H,16-18,21,24-27H2,1-3H3,(H,42,48)/t28-,32-,36+/m1/s1. The first-order chi connectivity index (χ1) is 23.6.